The van der Waals surface area contributed by atoms with Crippen molar-refractivity contribution >= 4 is 103 Å². The summed E-state index contributed by atoms with van der Waals surface area (Å²) in [6, 6.07) is 17.6. The zero-order valence-corrected chi connectivity index (χ0v) is 43.6. The molecule has 19 heteroatoms. The number of hydrogen-bond donors (Lipinski definition) is 3. The molecular weight excluding hydrogens is 986 g/mol. The molecule has 5 aliphatic heterocycles. The minimum Gasteiger partial charge on any atom is -0.494 e. The number of carbonyl (C=O) groups excluding carboxylic acids is 4. The lowest BCUT2D eigenvalue weighted by molar-refractivity contribution is -0.138. The normalized spacial score (nSPS) is 20.0. The average molecular weight is 1050 g/mol. The molecule has 71 heavy (non-hydrogen) atoms. The molecule has 0 aliphatic carbocycles. The predicted molar refractivity (Wildman–Crippen MR) is 282 cm³/mol. The Morgan fingerprint density at radius 2 is 1.63 bits per heavy atom. The van der Waals surface area contributed by atoms with Gasteiger partial charge < -0.3 is 34.6 Å². The third-order valence-corrected chi connectivity index (χ3v) is 17.2. The van der Waals surface area contributed by atoms with Crippen LogP contribution in [0.1, 0.15) is 57.6 Å². The molecule has 4 fully saturated rings. The van der Waals surface area contributed by atoms with Gasteiger partial charge in [0.05, 0.1) is 46.0 Å². The van der Waals surface area contributed by atoms with Gasteiger partial charge in [-0.1, -0.05) is 25.1 Å². The SMILES string of the molecule is CCc1cc(Nc2ncc(Br)c(Nc3cnc4ccccc4c3P(C)(C)=O)n2)c(OC)cc1N1CCC(N2CCN(C(=O)C3CN(c4ccc5c(c4)C(C)(C)C(=O)N5C4CCC(=O)NC4=O)C3)CC2)CC1. The number of piperazine rings is 1. The van der Waals surface area contributed by atoms with Crippen LogP contribution in [0.4, 0.5) is 40.2 Å². The number of amides is 4. The van der Waals surface area contributed by atoms with E-state index in [0.717, 1.165) is 79.0 Å². The largest absolute Gasteiger partial charge is 0.494 e. The van der Waals surface area contributed by atoms with Crippen molar-refractivity contribution in [2.45, 2.75) is 70.4 Å². The van der Waals surface area contributed by atoms with Crippen LogP contribution < -0.4 is 40.7 Å². The van der Waals surface area contributed by atoms with Gasteiger partial charge in [0.1, 0.15) is 24.8 Å². The molecule has 4 amide bonds. The highest BCUT2D eigenvalue weighted by atomic mass is 79.9. The number of hydrogen-bond acceptors (Lipinski definition) is 14. The number of benzene rings is 3. The fourth-order valence-electron chi connectivity index (χ4n) is 11.1. The highest BCUT2D eigenvalue weighted by Gasteiger charge is 2.50. The van der Waals surface area contributed by atoms with Crippen LogP contribution in [-0.4, -0.2) is 133 Å². The van der Waals surface area contributed by atoms with Crippen LogP contribution >= 0.6 is 23.1 Å². The summed E-state index contributed by atoms with van der Waals surface area (Å²) in [6.45, 7) is 15.6. The van der Waals surface area contributed by atoms with Crippen molar-refractivity contribution in [3.8, 4) is 5.75 Å². The van der Waals surface area contributed by atoms with E-state index in [1.165, 1.54) is 5.56 Å². The topological polar surface area (TPSA) is 186 Å². The molecule has 1 atom stereocenters. The number of halogens is 1. The fourth-order valence-corrected chi connectivity index (χ4v) is 12.9. The van der Waals surface area contributed by atoms with Crippen molar-refractivity contribution in [3.05, 3.63) is 82.6 Å². The minimum atomic E-state index is -2.73. The molecule has 17 nitrogen and oxygen atoms in total. The molecule has 7 heterocycles. The zero-order chi connectivity index (χ0) is 49.9. The lowest BCUT2D eigenvalue weighted by atomic mass is 9.85. The van der Waals surface area contributed by atoms with Crippen molar-refractivity contribution in [2.75, 3.05) is 98.1 Å². The number of ether oxygens (including phenoxy) is 1. The Labute approximate surface area is 422 Å². The van der Waals surface area contributed by atoms with E-state index in [0.29, 0.717) is 77.3 Å². The van der Waals surface area contributed by atoms with E-state index in [9.17, 15) is 23.7 Å². The van der Waals surface area contributed by atoms with Crippen molar-refractivity contribution in [2.24, 2.45) is 5.92 Å². The molecule has 5 aliphatic rings. The summed E-state index contributed by atoms with van der Waals surface area (Å²) in [5, 5.41) is 10.7. The Morgan fingerprint density at radius 3 is 2.34 bits per heavy atom. The number of methoxy groups -OCH3 is 1. The van der Waals surface area contributed by atoms with E-state index in [4.69, 9.17) is 9.72 Å². The fraction of sp³-hybridized carbons (Fsp3) is 0.442. The minimum absolute atomic E-state index is 0.0811. The Morgan fingerprint density at radius 1 is 0.887 bits per heavy atom. The second-order valence-corrected chi connectivity index (χ2v) is 24.2. The number of aryl methyl sites for hydroxylation is 1. The zero-order valence-electron chi connectivity index (χ0n) is 41.1. The monoisotopic (exact) mass is 1050 g/mol. The van der Waals surface area contributed by atoms with Gasteiger partial charge in [0.25, 0.3) is 0 Å². The standard InChI is InChI=1S/C52H61BrN11O6P/c1-7-31-24-39(57-51-55-27-37(53)47(59-51)56-40-28-54-38-11-9-8-10-35(38)46(40)71(5,6)69)44(70-4)26-43(31)61-18-16-33(17-19-61)60-20-22-62(23-21-60)49(67)32-29-63(30-32)34-12-13-41-36(25-34)52(2,3)50(68)64(41)42-14-15-45(65)58-48(42)66/h8-13,24-28,32-33,42H,7,14-23,29-30H2,1-6H3,(H,58,65,66)(H2,55,56,57,59). The van der Waals surface area contributed by atoms with Crippen molar-refractivity contribution < 1.29 is 28.5 Å². The van der Waals surface area contributed by atoms with Crippen LogP contribution in [-0.2, 0) is 35.6 Å². The Balaban J connectivity index is 0.730. The molecule has 4 saturated heterocycles. The van der Waals surface area contributed by atoms with E-state index in [-0.39, 0.29) is 30.1 Å². The first-order valence-corrected chi connectivity index (χ1v) is 28.0. The average Bonchev–Trinajstić information content (AvgIpc) is 3.54. The van der Waals surface area contributed by atoms with Crippen LogP contribution in [0.5, 0.6) is 5.75 Å². The maximum atomic E-state index is 13.8. The second kappa shape index (κ2) is 19.1. The van der Waals surface area contributed by atoms with E-state index in [1.54, 1.807) is 37.7 Å². The molecule has 2 aromatic heterocycles. The number of para-hydroxylation sites is 1. The number of aromatic nitrogens is 3. The lowest BCUT2D eigenvalue weighted by Gasteiger charge is -2.46. The Bertz CT molecular complexity index is 3000. The van der Waals surface area contributed by atoms with Crippen LogP contribution in [0.15, 0.2) is 71.5 Å². The second-order valence-electron chi connectivity index (χ2n) is 20.2. The third-order valence-electron chi connectivity index (χ3n) is 15.0. The highest BCUT2D eigenvalue weighted by Crippen LogP contribution is 2.46. The van der Waals surface area contributed by atoms with Crippen molar-refractivity contribution in [1.82, 2.24) is 30.1 Å². The van der Waals surface area contributed by atoms with Crippen LogP contribution in [0.25, 0.3) is 10.9 Å². The summed E-state index contributed by atoms with van der Waals surface area (Å²) in [4.78, 5) is 76.9. The summed E-state index contributed by atoms with van der Waals surface area (Å²) in [7, 11) is -1.06. The van der Waals surface area contributed by atoms with Gasteiger partial charge in [-0.25, -0.2) is 4.98 Å². The summed E-state index contributed by atoms with van der Waals surface area (Å²) in [5.41, 5.74) is 6.19. The maximum absolute atomic E-state index is 13.8. The van der Waals surface area contributed by atoms with Gasteiger partial charge in [-0.2, -0.15) is 4.98 Å². The number of piperidine rings is 2. The first-order valence-electron chi connectivity index (χ1n) is 24.6. The Kier molecular flexibility index (Phi) is 13.1. The molecule has 0 radical (unpaired) electrons. The molecule has 0 spiro atoms. The third kappa shape index (κ3) is 9.23. The smallest absolute Gasteiger partial charge is 0.249 e. The number of rotatable bonds is 12. The summed E-state index contributed by atoms with van der Waals surface area (Å²) >= 11 is 3.60. The number of fused-ring (bicyclic) bond motifs is 2. The maximum Gasteiger partial charge on any atom is 0.249 e. The summed E-state index contributed by atoms with van der Waals surface area (Å²) in [6.07, 6.45) is 6.75. The number of pyridine rings is 1. The van der Waals surface area contributed by atoms with Crippen LogP contribution in [0.3, 0.4) is 0 Å². The molecule has 372 valence electrons. The molecular formula is C52H61BrN11O6P. The van der Waals surface area contributed by atoms with Gasteiger partial charge in [-0.3, -0.25) is 39.3 Å². The van der Waals surface area contributed by atoms with Crippen LogP contribution in [0, 0.1) is 5.92 Å². The van der Waals surface area contributed by atoms with E-state index >= 15 is 0 Å². The van der Waals surface area contributed by atoms with Crippen LogP contribution in [0.2, 0.25) is 0 Å². The lowest BCUT2D eigenvalue weighted by Crippen LogP contribution is -2.59. The number of carbonyl (C=O) groups is 4. The van der Waals surface area contributed by atoms with E-state index in [2.05, 4.69) is 75.6 Å². The molecule has 5 aromatic rings. The molecule has 0 bridgehead atoms. The van der Waals surface area contributed by atoms with Gasteiger partial charge in [-0.05, 0) is 110 Å². The van der Waals surface area contributed by atoms with Gasteiger partial charge in [0, 0.05) is 105 Å². The van der Waals surface area contributed by atoms with Gasteiger partial charge in [0.2, 0.25) is 29.6 Å². The highest BCUT2D eigenvalue weighted by molar-refractivity contribution is 9.10. The number of imide groups is 1. The number of nitrogens with zero attached hydrogens (tertiary/aromatic N) is 8. The molecule has 3 aromatic carbocycles. The van der Waals surface area contributed by atoms with Gasteiger partial charge >= 0.3 is 0 Å². The van der Waals surface area contributed by atoms with Crippen molar-refractivity contribution in [1.29, 1.82) is 0 Å². The van der Waals surface area contributed by atoms with E-state index < -0.39 is 24.5 Å². The van der Waals surface area contributed by atoms with E-state index in [1.807, 2.05) is 61.2 Å². The number of anilines is 7. The molecule has 1 unspecified atom stereocenters. The number of nitrogens with one attached hydrogen (secondary N) is 3. The predicted octanol–water partition coefficient (Wildman–Crippen LogP) is 6.77. The molecule has 10 rings (SSSR count). The quantitative estimate of drug-likeness (QED) is 0.0878. The summed E-state index contributed by atoms with van der Waals surface area (Å²) in [5.74, 6) is 0.783. The summed E-state index contributed by atoms with van der Waals surface area (Å²) < 4.78 is 20.2. The first kappa shape index (κ1) is 48.5. The van der Waals surface area contributed by atoms with Gasteiger partial charge in [-0.15, -0.1) is 0 Å². The van der Waals surface area contributed by atoms with Crippen molar-refractivity contribution in [3.63, 3.8) is 0 Å². The Hall–Kier alpha value is -6.10. The first-order chi connectivity index (χ1) is 34.0. The van der Waals surface area contributed by atoms with Gasteiger partial charge in [0.15, 0.2) is 0 Å². The molecule has 0 saturated carbocycles. The molecule has 3 N–H and O–H groups in total.